The molecule has 0 aliphatic rings. The first-order valence-electron chi connectivity index (χ1n) is 13.8. The number of rotatable bonds is 14. The minimum absolute atomic E-state index is 0.0234. The molecule has 0 heterocycles. The topological polar surface area (TPSA) is 139 Å². The van der Waals surface area contributed by atoms with E-state index >= 15 is 0 Å². The molecule has 0 aromatic heterocycles. The largest absolute Gasteiger partial charge is 0.495 e. The van der Waals surface area contributed by atoms with Gasteiger partial charge in [-0.2, -0.15) is 0 Å². The zero-order chi connectivity index (χ0) is 31.7. The number of benzene rings is 3. The first-order chi connectivity index (χ1) is 20.3. The summed E-state index contributed by atoms with van der Waals surface area (Å²) in [6, 6.07) is 19.1. The molecule has 0 aliphatic carbocycles. The van der Waals surface area contributed by atoms with Crippen molar-refractivity contribution >= 4 is 33.2 Å². The lowest BCUT2D eigenvalue weighted by Gasteiger charge is -2.34. The van der Waals surface area contributed by atoms with Gasteiger partial charge in [0.1, 0.15) is 24.0 Å². The van der Waals surface area contributed by atoms with E-state index in [0.717, 1.165) is 33.3 Å². The molecule has 0 aliphatic heterocycles. The van der Waals surface area contributed by atoms with E-state index in [4.69, 9.17) is 4.74 Å². The monoisotopic (exact) mass is 610 g/mol. The quantitative estimate of drug-likeness (QED) is 0.213. The van der Waals surface area contributed by atoms with Gasteiger partial charge in [0.2, 0.25) is 21.8 Å². The summed E-state index contributed by atoms with van der Waals surface area (Å²) in [7, 11) is -2.85. The average Bonchev–Trinajstić information content (AvgIpc) is 2.97. The summed E-state index contributed by atoms with van der Waals surface area (Å²) >= 11 is 0. The Morgan fingerprint density at radius 3 is 2.28 bits per heavy atom. The van der Waals surface area contributed by atoms with Crippen LogP contribution >= 0.6 is 0 Å². The lowest BCUT2D eigenvalue weighted by atomic mass is 10.0. The van der Waals surface area contributed by atoms with Crippen LogP contribution in [0.5, 0.6) is 5.75 Å². The third-order valence-corrected chi connectivity index (χ3v) is 8.16. The molecule has 2 amide bonds. The molecule has 3 rings (SSSR count). The van der Waals surface area contributed by atoms with Gasteiger partial charge in [0.15, 0.2) is 0 Å². The number of methoxy groups -OCH3 is 1. The van der Waals surface area contributed by atoms with E-state index in [2.05, 4.69) is 5.32 Å². The second-order valence-corrected chi connectivity index (χ2v) is 12.3. The van der Waals surface area contributed by atoms with E-state index in [1.54, 1.807) is 0 Å². The fourth-order valence-corrected chi connectivity index (χ4v) is 5.43. The second kappa shape index (κ2) is 14.6. The number of hydrogen-bond donors (Lipinski definition) is 1. The van der Waals surface area contributed by atoms with Crippen LogP contribution in [-0.4, -0.2) is 62.0 Å². The van der Waals surface area contributed by atoms with Gasteiger partial charge in [0, 0.05) is 31.1 Å². The van der Waals surface area contributed by atoms with E-state index < -0.39 is 33.4 Å². The van der Waals surface area contributed by atoms with Crippen molar-refractivity contribution in [1.82, 2.24) is 10.2 Å². The fraction of sp³-hybridized carbons (Fsp3) is 0.355. The summed E-state index contributed by atoms with van der Waals surface area (Å²) in [6.07, 6.45) is 1.75. The maximum atomic E-state index is 14.2. The number of non-ortho nitro benzene ring substituents is 1. The van der Waals surface area contributed by atoms with Crippen LogP contribution in [0.25, 0.3) is 0 Å². The molecule has 0 saturated carbocycles. The third-order valence-electron chi connectivity index (χ3n) is 7.03. The molecule has 0 bridgehead atoms. The van der Waals surface area contributed by atoms with E-state index in [-0.39, 0.29) is 42.0 Å². The minimum Gasteiger partial charge on any atom is -0.495 e. The molecule has 43 heavy (non-hydrogen) atoms. The Labute approximate surface area is 252 Å². The molecule has 2 atom stereocenters. The molecule has 3 aromatic rings. The SMILES string of the molecule is CC[C@@H](C)NC(=O)[C@@H](Cc1ccccc1)N(Cc1cccc(C)c1)C(=O)CN(c1cc([N+](=O)[O-])ccc1OC)S(C)(=O)=O. The summed E-state index contributed by atoms with van der Waals surface area (Å²) in [4.78, 5) is 40.2. The zero-order valence-corrected chi connectivity index (χ0v) is 25.8. The van der Waals surface area contributed by atoms with Gasteiger partial charge in [-0.25, -0.2) is 8.42 Å². The molecule has 0 saturated heterocycles. The highest BCUT2D eigenvalue weighted by atomic mass is 32.2. The number of ether oxygens (including phenoxy) is 1. The van der Waals surface area contributed by atoms with E-state index in [0.29, 0.717) is 6.42 Å². The molecule has 0 fully saturated rings. The van der Waals surface area contributed by atoms with Crippen LogP contribution in [0, 0.1) is 17.0 Å². The first kappa shape index (κ1) is 33.1. The number of anilines is 1. The van der Waals surface area contributed by atoms with E-state index in [1.165, 1.54) is 24.1 Å². The lowest BCUT2D eigenvalue weighted by molar-refractivity contribution is -0.384. The Hall–Kier alpha value is -4.45. The van der Waals surface area contributed by atoms with Crippen LogP contribution in [-0.2, 0) is 32.6 Å². The van der Waals surface area contributed by atoms with Gasteiger partial charge in [-0.15, -0.1) is 0 Å². The summed E-state index contributed by atoms with van der Waals surface area (Å²) in [5.74, 6) is -1.01. The first-order valence-corrected chi connectivity index (χ1v) is 15.7. The summed E-state index contributed by atoms with van der Waals surface area (Å²) in [5, 5.41) is 14.5. The van der Waals surface area contributed by atoms with Crippen LogP contribution in [0.1, 0.15) is 37.0 Å². The lowest BCUT2D eigenvalue weighted by Crippen LogP contribution is -2.54. The number of nitro groups is 1. The highest BCUT2D eigenvalue weighted by molar-refractivity contribution is 7.92. The molecule has 230 valence electrons. The van der Waals surface area contributed by atoms with Gasteiger partial charge in [-0.05, 0) is 37.5 Å². The van der Waals surface area contributed by atoms with Crippen LogP contribution in [0.15, 0.2) is 72.8 Å². The van der Waals surface area contributed by atoms with Crippen LogP contribution in [0.3, 0.4) is 0 Å². The van der Waals surface area contributed by atoms with Crippen LogP contribution in [0.2, 0.25) is 0 Å². The maximum absolute atomic E-state index is 14.2. The number of nitrogens with zero attached hydrogens (tertiary/aromatic N) is 3. The van der Waals surface area contributed by atoms with Gasteiger partial charge in [-0.3, -0.25) is 24.0 Å². The van der Waals surface area contributed by atoms with Gasteiger partial charge in [-0.1, -0.05) is 67.1 Å². The average molecular weight is 611 g/mol. The second-order valence-electron chi connectivity index (χ2n) is 10.4. The standard InChI is InChI=1S/C31H38N4O7S/c1-6-23(3)32-31(37)28(18-24-12-8-7-9-13-24)33(20-25-14-10-11-22(2)17-25)30(36)21-34(43(5,40)41)27-19-26(35(38)39)15-16-29(27)42-4/h7-17,19,23,28H,6,18,20-21H2,1-5H3,(H,32,37)/t23-,28-/m1/s1. The highest BCUT2D eigenvalue weighted by Crippen LogP contribution is 2.34. The van der Waals surface area contributed by atoms with Gasteiger partial charge in [0.05, 0.1) is 18.3 Å². The van der Waals surface area contributed by atoms with Crippen molar-refractivity contribution in [2.75, 3.05) is 24.2 Å². The third kappa shape index (κ3) is 9.02. The Balaban J connectivity index is 2.13. The summed E-state index contributed by atoms with van der Waals surface area (Å²) in [6.45, 7) is 5.01. The molecule has 0 radical (unpaired) electrons. The predicted octanol–water partition coefficient (Wildman–Crippen LogP) is 4.23. The molecule has 12 heteroatoms. The number of sulfonamides is 1. The molecule has 3 aromatic carbocycles. The van der Waals surface area contributed by atoms with Gasteiger partial charge < -0.3 is 15.0 Å². The van der Waals surface area contributed by atoms with Gasteiger partial charge >= 0.3 is 0 Å². The van der Waals surface area contributed by atoms with Crippen molar-refractivity contribution in [1.29, 1.82) is 0 Å². The minimum atomic E-state index is -4.15. The molecular weight excluding hydrogens is 572 g/mol. The number of carbonyl (C=O) groups excluding carboxylic acids is 2. The van der Waals surface area contributed by atoms with E-state index in [1.807, 2.05) is 75.4 Å². The van der Waals surface area contributed by atoms with Crippen molar-refractivity contribution < 1.29 is 27.7 Å². The Kier molecular flexibility index (Phi) is 11.2. The van der Waals surface area contributed by atoms with Crippen molar-refractivity contribution in [3.05, 3.63) is 99.6 Å². The fourth-order valence-electron chi connectivity index (χ4n) is 4.58. The van der Waals surface area contributed by atoms with Crippen molar-refractivity contribution in [2.24, 2.45) is 0 Å². The molecule has 11 nitrogen and oxygen atoms in total. The number of nitrogens with one attached hydrogen (secondary N) is 1. The number of aryl methyl sites for hydroxylation is 1. The molecular formula is C31H38N4O7S. The smallest absolute Gasteiger partial charge is 0.271 e. The number of carbonyl (C=O) groups is 2. The maximum Gasteiger partial charge on any atom is 0.271 e. The highest BCUT2D eigenvalue weighted by Gasteiger charge is 2.34. The van der Waals surface area contributed by atoms with Crippen molar-refractivity contribution in [3.63, 3.8) is 0 Å². The normalized spacial score (nSPS) is 12.6. The molecule has 1 N–H and O–H groups in total. The number of hydrogen-bond acceptors (Lipinski definition) is 7. The molecule has 0 spiro atoms. The summed E-state index contributed by atoms with van der Waals surface area (Å²) in [5.41, 5.74) is 1.98. The van der Waals surface area contributed by atoms with E-state index in [9.17, 15) is 28.1 Å². The van der Waals surface area contributed by atoms with Crippen LogP contribution in [0.4, 0.5) is 11.4 Å². The Morgan fingerprint density at radius 1 is 1.02 bits per heavy atom. The van der Waals surface area contributed by atoms with Crippen LogP contribution < -0.4 is 14.4 Å². The Bertz CT molecular complexity index is 1550. The van der Waals surface area contributed by atoms with Crippen molar-refractivity contribution in [2.45, 2.75) is 52.2 Å². The zero-order valence-electron chi connectivity index (χ0n) is 25.0. The predicted molar refractivity (Wildman–Crippen MR) is 165 cm³/mol. The summed E-state index contributed by atoms with van der Waals surface area (Å²) < 4.78 is 32.2. The number of nitro benzene ring substituents is 1. The Morgan fingerprint density at radius 2 is 1.70 bits per heavy atom. The van der Waals surface area contributed by atoms with Gasteiger partial charge in [0.25, 0.3) is 5.69 Å². The molecule has 0 unspecified atom stereocenters. The van der Waals surface area contributed by atoms with Crippen molar-refractivity contribution in [3.8, 4) is 5.75 Å². The number of amides is 2.